The molecule has 1 rings (SSSR count). The molecular formula is C16H34N2. The Morgan fingerprint density at radius 2 is 2.06 bits per heavy atom. The van der Waals surface area contributed by atoms with Crippen LogP contribution in [0.5, 0.6) is 0 Å². The summed E-state index contributed by atoms with van der Waals surface area (Å²) in [7, 11) is 0. The number of hydrogen-bond donors (Lipinski definition) is 1. The molecule has 2 unspecified atom stereocenters. The van der Waals surface area contributed by atoms with Crippen molar-refractivity contribution in [1.29, 1.82) is 0 Å². The Balaban J connectivity index is 2.31. The van der Waals surface area contributed by atoms with Crippen LogP contribution in [-0.2, 0) is 0 Å². The molecule has 0 radical (unpaired) electrons. The zero-order valence-electron chi connectivity index (χ0n) is 13.3. The van der Waals surface area contributed by atoms with Crippen LogP contribution in [0, 0.1) is 11.3 Å². The van der Waals surface area contributed by atoms with Crippen molar-refractivity contribution in [1.82, 2.24) is 10.2 Å². The van der Waals surface area contributed by atoms with E-state index in [2.05, 4.69) is 44.8 Å². The highest BCUT2D eigenvalue weighted by Crippen LogP contribution is 2.23. The SMILES string of the molecule is CCCNC(C)C1CCCN(CCC(C)(C)C)C1. The first-order valence-corrected chi connectivity index (χ1v) is 7.88. The Labute approximate surface area is 115 Å². The maximum absolute atomic E-state index is 3.67. The zero-order valence-corrected chi connectivity index (χ0v) is 13.3. The molecule has 0 amide bonds. The van der Waals surface area contributed by atoms with Gasteiger partial charge in [0.15, 0.2) is 0 Å². The number of nitrogens with zero attached hydrogens (tertiary/aromatic N) is 1. The van der Waals surface area contributed by atoms with E-state index in [1.807, 2.05) is 0 Å². The van der Waals surface area contributed by atoms with E-state index in [9.17, 15) is 0 Å². The van der Waals surface area contributed by atoms with Crippen molar-refractivity contribution in [2.24, 2.45) is 11.3 Å². The number of rotatable bonds is 6. The van der Waals surface area contributed by atoms with Gasteiger partial charge in [-0.25, -0.2) is 0 Å². The van der Waals surface area contributed by atoms with Crippen molar-refractivity contribution in [2.75, 3.05) is 26.2 Å². The highest BCUT2D eigenvalue weighted by Gasteiger charge is 2.24. The molecule has 0 spiro atoms. The lowest BCUT2D eigenvalue weighted by Gasteiger charge is -2.37. The minimum Gasteiger partial charge on any atom is -0.314 e. The standard InChI is InChI=1S/C16H34N2/c1-6-10-17-14(2)15-8-7-11-18(13-15)12-9-16(3,4)5/h14-15,17H,6-13H2,1-5H3. The molecule has 1 fully saturated rings. The van der Waals surface area contributed by atoms with Crippen molar-refractivity contribution >= 4 is 0 Å². The normalized spacial score (nSPS) is 24.2. The van der Waals surface area contributed by atoms with Crippen LogP contribution in [0.15, 0.2) is 0 Å². The van der Waals surface area contributed by atoms with Crippen LogP contribution >= 0.6 is 0 Å². The second kappa shape index (κ2) is 7.49. The van der Waals surface area contributed by atoms with Crippen molar-refractivity contribution in [3.63, 3.8) is 0 Å². The van der Waals surface area contributed by atoms with Crippen LogP contribution in [0.2, 0.25) is 0 Å². The van der Waals surface area contributed by atoms with Crippen LogP contribution in [0.1, 0.15) is 60.3 Å². The summed E-state index contributed by atoms with van der Waals surface area (Å²) in [5.41, 5.74) is 0.471. The Kier molecular flexibility index (Phi) is 6.65. The van der Waals surface area contributed by atoms with E-state index in [4.69, 9.17) is 0 Å². The fraction of sp³-hybridized carbons (Fsp3) is 1.00. The average molecular weight is 254 g/mol. The van der Waals surface area contributed by atoms with E-state index in [1.165, 1.54) is 51.9 Å². The molecule has 108 valence electrons. The fourth-order valence-corrected chi connectivity index (χ4v) is 2.73. The smallest absolute Gasteiger partial charge is 0.00792 e. The van der Waals surface area contributed by atoms with E-state index in [-0.39, 0.29) is 0 Å². The molecule has 2 heteroatoms. The average Bonchev–Trinajstić information content (AvgIpc) is 2.33. The van der Waals surface area contributed by atoms with Gasteiger partial charge in [-0.1, -0.05) is 27.7 Å². The van der Waals surface area contributed by atoms with Crippen LogP contribution < -0.4 is 5.32 Å². The summed E-state index contributed by atoms with van der Waals surface area (Å²) < 4.78 is 0. The molecular weight excluding hydrogens is 220 g/mol. The molecule has 0 aromatic heterocycles. The van der Waals surface area contributed by atoms with Gasteiger partial charge >= 0.3 is 0 Å². The number of nitrogens with one attached hydrogen (secondary N) is 1. The topological polar surface area (TPSA) is 15.3 Å². The van der Waals surface area contributed by atoms with Crippen LogP contribution in [-0.4, -0.2) is 37.1 Å². The molecule has 2 nitrogen and oxygen atoms in total. The zero-order chi connectivity index (χ0) is 13.6. The molecule has 1 aliphatic heterocycles. The molecule has 0 aromatic carbocycles. The lowest BCUT2D eigenvalue weighted by Crippen LogP contribution is -2.45. The Hall–Kier alpha value is -0.0800. The number of hydrogen-bond acceptors (Lipinski definition) is 2. The molecule has 0 bridgehead atoms. The Morgan fingerprint density at radius 1 is 1.33 bits per heavy atom. The molecule has 2 atom stereocenters. The van der Waals surface area contributed by atoms with Crippen molar-refractivity contribution in [3.8, 4) is 0 Å². The van der Waals surface area contributed by atoms with E-state index < -0.39 is 0 Å². The van der Waals surface area contributed by atoms with Gasteiger partial charge in [0.25, 0.3) is 0 Å². The van der Waals surface area contributed by atoms with E-state index in [0.717, 1.165) is 5.92 Å². The summed E-state index contributed by atoms with van der Waals surface area (Å²) in [4.78, 5) is 2.68. The highest BCUT2D eigenvalue weighted by atomic mass is 15.1. The van der Waals surface area contributed by atoms with Crippen LogP contribution in [0.4, 0.5) is 0 Å². The number of likely N-dealkylation sites (tertiary alicyclic amines) is 1. The van der Waals surface area contributed by atoms with Gasteiger partial charge in [-0.05, 0) is 63.6 Å². The second-order valence-corrected chi connectivity index (χ2v) is 7.26. The van der Waals surface area contributed by atoms with Crippen molar-refractivity contribution in [3.05, 3.63) is 0 Å². The molecule has 0 aliphatic carbocycles. The Morgan fingerprint density at radius 3 is 2.67 bits per heavy atom. The van der Waals surface area contributed by atoms with Gasteiger partial charge in [0, 0.05) is 12.6 Å². The van der Waals surface area contributed by atoms with E-state index in [0.29, 0.717) is 11.5 Å². The van der Waals surface area contributed by atoms with Gasteiger partial charge in [-0.2, -0.15) is 0 Å². The molecule has 0 aromatic rings. The van der Waals surface area contributed by atoms with Crippen LogP contribution in [0.3, 0.4) is 0 Å². The number of piperidine rings is 1. The summed E-state index contributed by atoms with van der Waals surface area (Å²) in [5, 5.41) is 3.67. The van der Waals surface area contributed by atoms with Crippen molar-refractivity contribution < 1.29 is 0 Å². The second-order valence-electron chi connectivity index (χ2n) is 7.26. The minimum absolute atomic E-state index is 0.471. The minimum atomic E-state index is 0.471. The van der Waals surface area contributed by atoms with Gasteiger partial charge in [-0.3, -0.25) is 0 Å². The first-order valence-electron chi connectivity index (χ1n) is 7.88. The summed E-state index contributed by atoms with van der Waals surface area (Å²) in [6.07, 6.45) is 5.35. The molecule has 1 saturated heterocycles. The predicted molar refractivity (Wildman–Crippen MR) is 81.0 cm³/mol. The summed E-state index contributed by atoms with van der Waals surface area (Å²) >= 11 is 0. The maximum Gasteiger partial charge on any atom is 0.00792 e. The molecule has 1 heterocycles. The van der Waals surface area contributed by atoms with Gasteiger partial charge < -0.3 is 10.2 Å². The van der Waals surface area contributed by atoms with Gasteiger partial charge in [0.05, 0.1) is 0 Å². The van der Waals surface area contributed by atoms with Crippen LogP contribution in [0.25, 0.3) is 0 Å². The van der Waals surface area contributed by atoms with E-state index >= 15 is 0 Å². The third kappa shape index (κ3) is 6.19. The molecule has 1 N–H and O–H groups in total. The molecule has 1 aliphatic rings. The van der Waals surface area contributed by atoms with Gasteiger partial charge in [0.1, 0.15) is 0 Å². The third-order valence-electron chi connectivity index (χ3n) is 4.14. The summed E-state index contributed by atoms with van der Waals surface area (Å²) in [6.45, 7) is 16.7. The van der Waals surface area contributed by atoms with Gasteiger partial charge in [0.2, 0.25) is 0 Å². The van der Waals surface area contributed by atoms with Gasteiger partial charge in [-0.15, -0.1) is 0 Å². The summed E-state index contributed by atoms with van der Waals surface area (Å²) in [6, 6.07) is 0.683. The highest BCUT2D eigenvalue weighted by molar-refractivity contribution is 4.81. The fourth-order valence-electron chi connectivity index (χ4n) is 2.73. The quantitative estimate of drug-likeness (QED) is 0.780. The third-order valence-corrected chi connectivity index (χ3v) is 4.14. The predicted octanol–water partition coefficient (Wildman–Crippen LogP) is 3.52. The maximum atomic E-state index is 3.67. The lowest BCUT2D eigenvalue weighted by molar-refractivity contribution is 0.136. The first kappa shape index (κ1) is 16.0. The molecule has 18 heavy (non-hydrogen) atoms. The van der Waals surface area contributed by atoms with Crippen molar-refractivity contribution in [2.45, 2.75) is 66.3 Å². The largest absolute Gasteiger partial charge is 0.314 e. The Bertz CT molecular complexity index is 220. The molecule has 0 saturated carbocycles. The first-order chi connectivity index (χ1) is 8.42. The summed E-state index contributed by atoms with van der Waals surface area (Å²) in [5.74, 6) is 0.852. The monoisotopic (exact) mass is 254 g/mol. The lowest BCUT2D eigenvalue weighted by atomic mass is 9.89. The van der Waals surface area contributed by atoms with E-state index in [1.54, 1.807) is 0 Å².